The number of halogens is 1. The monoisotopic (exact) mass is 295 g/mol. The lowest BCUT2D eigenvalue weighted by Gasteiger charge is -2.33. The number of likely N-dealkylation sites (tertiary alicyclic amines) is 1. The molecule has 0 spiro atoms. The van der Waals surface area contributed by atoms with Crippen LogP contribution < -0.4 is 0 Å². The minimum atomic E-state index is -0.365. The fourth-order valence-corrected chi connectivity index (χ4v) is 2.87. The Bertz CT molecular complexity index is 444. The number of ether oxygens (including phenoxy) is 1. The third kappa shape index (κ3) is 3.74. The minimum Gasteiger partial charge on any atom is -0.464 e. The Morgan fingerprint density at radius 1 is 1.30 bits per heavy atom. The van der Waals surface area contributed by atoms with E-state index in [1.54, 1.807) is 0 Å². The lowest BCUT2D eigenvalue weighted by Crippen LogP contribution is -2.39. The van der Waals surface area contributed by atoms with Gasteiger partial charge in [-0.2, -0.15) is 0 Å². The molecule has 1 heterocycles. The lowest BCUT2D eigenvalue weighted by molar-refractivity contribution is -0.150. The molecular formula is C16H22ClNO2. The molecule has 20 heavy (non-hydrogen) atoms. The standard InChI is InChI=1S/C16H22ClNO2/c1-2-12-20-16(19)15(18-10-6-3-7-11-18)13-8-4-5-9-14(13)17/h4-5,8-9,15H,2-3,6-7,10-12H2,1H3. The number of nitrogens with zero attached hydrogens (tertiary/aromatic N) is 1. The Balaban J connectivity index is 2.23. The number of hydrogen-bond acceptors (Lipinski definition) is 3. The van der Waals surface area contributed by atoms with E-state index in [1.807, 2.05) is 31.2 Å². The maximum Gasteiger partial charge on any atom is 0.328 e. The Labute approximate surface area is 125 Å². The summed E-state index contributed by atoms with van der Waals surface area (Å²) in [5.41, 5.74) is 0.858. The second kappa shape index (κ2) is 7.65. The molecule has 1 aromatic rings. The van der Waals surface area contributed by atoms with Crippen LogP contribution in [0.1, 0.15) is 44.2 Å². The van der Waals surface area contributed by atoms with Gasteiger partial charge in [0.05, 0.1) is 6.61 Å². The summed E-state index contributed by atoms with van der Waals surface area (Å²) in [4.78, 5) is 14.6. The molecule has 1 aliphatic heterocycles. The lowest BCUT2D eigenvalue weighted by atomic mass is 10.0. The van der Waals surface area contributed by atoms with Gasteiger partial charge in [0.1, 0.15) is 6.04 Å². The van der Waals surface area contributed by atoms with Crippen LogP contribution in [0.4, 0.5) is 0 Å². The molecule has 0 bridgehead atoms. The third-order valence-corrected chi connectivity index (χ3v) is 3.97. The van der Waals surface area contributed by atoms with Gasteiger partial charge in [-0.3, -0.25) is 4.90 Å². The van der Waals surface area contributed by atoms with Gasteiger partial charge in [0, 0.05) is 5.02 Å². The van der Waals surface area contributed by atoms with E-state index < -0.39 is 0 Å². The van der Waals surface area contributed by atoms with Crippen LogP contribution in [0.2, 0.25) is 5.02 Å². The summed E-state index contributed by atoms with van der Waals surface area (Å²) in [5, 5.41) is 0.636. The molecule has 0 amide bonds. The maximum atomic E-state index is 12.4. The van der Waals surface area contributed by atoms with Crippen molar-refractivity contribution in [3.63, 3.8) is 0 Å². The summed E-state index contributed by atoms with van der Waals surface area (Å²) in [6.45, 7) is 4.32. The summed E-state index contributed by atoms with van der Waals surface area (Å²) < 4.78 is 5.38. The molecule has 1 unspecified atom stereocenters. The first-order chi connectivity index (χ1) is 9.74. The van der Waals surface area contributed by atoms with E-state index >= 15 is 0 Å². The number of rotatable bonds is 5. The highest BCUT2D eigenvalue weighted by atomic mass is 35.5. The summed E-state index contributed by atoms with van der Waals surface area (Å²) in [6.07, 6.45) is 4.32. The minimum absolute atomic E-state index is 0.179. The molecule has 3 nitrogen and oxygen atoms in total. The van der Waals surface area contributed by atoms with Crippen LogP contribution in [0.5, 0.6) is 0 Å². The normalized spacial score (nSPS) is 17.7. The van der Waals surface area contributed by atoms with Gasteiger partial charge >= 0.3 is 5.97 Å². The van der Waals surface area contributed by atoms with Gasteiger partial charge in [0.25, 0.3) is 0 Å². The van der Waals surface area contributed by atoms with Crippen molar-refractivity contribution in [3.05, 3.63) is 34.9 Å². The Kier molecular flexibility index (Phi) is 5.86. The van der Waals surface area contributed by atoms with E-state index in [4.69, 9.17) is 16.3 Å². The number of esters is 1. The quantitative estimate of drug-likeness (QED) is 0.774. The van der Waals surface area contributed by atoms with Crippen LogP contribution in [0.3, 0.4) is 0 Å². The van der Waals surface area contributed by atoms with Crippen molar-refractivity contribution in [2.45, 2.75) is 38.6 Å². The average molecular weight is 296 g/mol. The van der Waals surface area contributed by atoms with E-state index in [9.17, 15) is 4.79 Å². The van der Waals surface area contributed by atoms with Gasteiger partial charge in [0.2, 0.25) is 0 Å². The van der Waals surface area contributed by atoms with Gasteiger partial charge in [-0.25, -0.2) is 4.79 Å². The summed E-state index contributed by atoms with van der Waals surface area (Å²) >= 11 is 6.28. The number of carbonyl (C=O) groups excluding carboxylic acids is 1. The molecule has 4 heteroatoms. The average Bonchev–Trinajstić information content (AvgIpc) is 2.48. The largest absolute Gasteiger partial charge is 0.464 e. The highest BCUT2D eigenvalue weighted by molar-refractivity contribution is 6.31. The fourth-order valence-electron chi connectivity index (χ4n) is 2.63. The molecule has 1 saturated heterocycles. The Morgan fingerprint density at radius 3 is 2.65 bits per heavy atom. The van der Waals surface area contributed by atoms with Gasteiger partial charge < -0.3 is 4.74 Å². The van der Waals surface area contributed by atoms with E-state index in [2.05, 4.69) is 4.90 Å². The van der Waals surface area contributed by atoms with E-state index in [0.717, 1.165) is 37.9 Å². The second-order valence-electron chi connectivity index (χ2n) is 5.19. The van der Waals surface area contributed by atoms with Gasteiger partial charge in [0.15, 0.2) is 0 Å². The fraction of sp³-hybridized carbons (Fsp3) is 0.562. The van der Waals surface area contributed by atoms with Gasteiger partial charge in [-0.15, -0.1) is 0 Å². The molecule has 0 aliphatic carbocycles. The molecule has 1 aromatic carbocycles. The zero-order chi connectivity index (χ0) is 14.4. The molecular weight excluding hydrogens is 274 g/mol. The summed E-state index contributed by atoms with van der Waals surface area (Å²) in [7, 11) is 0. The van der Waals surface area contributed by atoms with Gasteiger partial charge in [-0.1, -0.05) is 43.1 Å². The molecule has 1 atom stereocenters. The van der Waals surface area contributed by atoms with Crippen molar-refractivity contribution >= 4 is 17.6 Å². The zero-order valence-corrected chi connectivity index (χ0v) is 12.7. The Morgan fingerprint density at radius 2 is 2.00 bits per heavy atom. The van der Waals surface area contributed by atoms with Crippen molar-refractivity contribution in [3.8, 4) is 0 Å². The predicted octanol–water partition coefficient (Wildman–Crippen LogP) is 3.82. The molecule has 1 fully saturated rings. The highest BCUT2D eigenvalue weighted by Crippen LogP contribution is 2.30. The molecule has 110 valence electrons. The van der Waals surface area contributed by atoms with Crippen molar-refractivity contribution in [2.75, 3.05) is 19.7 Å². The van der Waals surface area contributed by atoms with Crippen molar-refractivity contribution in [1.29, 1.82) is 0 Å². The topological polar surface area (TPSA) is 29.5 Å². The molecule has 0 radical (unpaired) electrons. The van der Waals surface area contributed by atoms with Crippen LogP contribution >= 0.6 is 11.6 Å². The van der Waals surface area contributed by atoms with Gasteiger partial charge in [-0.05, 0) is 44.0 Å². The van der Waals surface area contributed by atoms with Crippen LogP contribution in [0, 0.1) is 0 Å². The third-order valence-electron chi connectivity index (χ3n) is 3.63. The van der Waals surface area contributed by atoms with Crippen LogP contribution in [-0.2, 0) is 9.53 Å². The van der Waals surface area contributed by atoms with Crippen molar-refractivity contribution in [2.24, 2.45) is 0 Å². The molecule has 0 N–H and O–H groups in total. The number of carbonyl (C=O) groups is 1. The van der Waals surface area contributed by atoms with Crippen molar-refractivity contribution in [1.82, 2.24) is 4.90 Å². The number of piperidine rings is 1. The highest BCUT2D eigenvalue weighted by Gasteiger charge is 2.31. The molecule has 1 aliphatic rings. The van der Waals surface area contributed by atoms with E-state index in [-0.39, 0.29) is 12.0 Å². The second-order valence-corrected chi connectivity index (χ2v) is 5.60. The summed E-state index contributed by atoms with van der Waals surface area (Å²) in [6, 6.07) is 7.20. The summed E-state index contributed by atoms with van der Waals surface area (Å²) in [5.74, 6) is -0.179. The maximum absolute atomic E-state index is 12.4. The SMILES string of the molecule is CCCOC(=O)C(c1ccccc1Cl)N1CCCCC1. The smallest absolute Gasteiger partial charge is 0.328 e. The van der Waals surface area contributed by atoms with E-state index in [1.165, 1.54) is 6.42 Å². The zero-order valence-electron chi connectivity index (χ0n) is 12.0. The molecule has 0 aromatic heterocycles. The first kappa shape index (κ1) is 15.3. The predicted molar refractivity (Wildman–Crippen MR) is 80.9 cm³/mol. The van der Waals surface area contributed by atoms with E-state index in [0.29, 0.717) is 11.6 Å². The van der Waals surface area contributed by atoms with Crippen LogP contribution in [0.15, 0.2) is 24.3 Å². The number of benzene rings is 1. The van der Waals surface area contributed by atoms with Crippen molar-refractivity contribution < 1.29 is 9.53 Å². The Hall–Kier alpha value is -1.06. The van der Waals surface area contributed by atoms with Crippen LogP contribution in [-0.4, -0.2) is 30.6 Å². The first-order valence-corrected chi connectivity index (χ1v) is 7.77. The van der Waals surface area contributed by atoms with Crippen LogP contribution in [0.25, 0.3) is 0 Å². The molecule has 0 saturated carbocycles. The number of hydrogen-bond donors (Lipinski definition) is 0. The first-order valence-electron chi connectivity index (χ1n) is 7.39. The molecule has 2 rings (SSSR count).